The van der Waals surface area contributed by atoms with Crippen LogP contribution in [0, 0.1) is 10.1 Å². The number of rotatable bonds is 5. The summed E-state index contributed by atoms with van der Waals surface area (Å²) in [5, 5.41) is 14.2. The van der Waals surface area contributed by atoms with Crippen molar-refractivity contribution in [2.75, 3.05) is 19.6 Å². The van der Waals surface area contributed by atoms with Gasteiger partial charge in [0.15, 0.2) is 4.90 Å². The Morgan fingerprint density at radius 2 is 2.19 bits per heavy atom. The third-order valence-corrected chi connectivity index (χ3v) is 4.74. The predicted octanol–water partition coefficient (Wildman–Crippen LogP) is 1.45. The van der Waals surface area contributed by atoms with Crippen LogP contribution in [0.25, 0.3) is 0 Å². The van der Waals surface area contributed by atoms with Gasteiger partial charge in [-0.15, -0.1) is 0 Å². The largest absolute Gasteiger partial charge is 0.313 e. The highest BCUT2D eigenvalue weighted by Gasteiger charge is 2.26. The van der Waals surface area contributed by atoms with Crippen molar-refractivity contribution in [1.29, 1.82) is 0 Å². The average molecular weight is 332 g/mol. The summed E-state index contributed by atoms with van der Waals surface area (Å²) in [6.45, 7) is 1.62. The molecule has 0 radical (unpaired) electrons. The molecule has 1 aliphatic heterocycles. The molecule has 1 aromatic rings. The number of hydrogen-bond acceptors (Lipinski definition) is 5. The molecular weight excluding hydrogens is 318 g/mol. The molecule has 0 aliphatic carbocycles. The SMILES string of the molecule is O=[N+]([O-])c1cc(Cl)ccc1S(=O)(=O)NCC1=CCNCC1. The number of nitrogens with zero attached hydrogens (tertiary/aromatic N) is 1. The fourth-order valence-corrected chi connectivity index (χ4v) is 3.31. The molecule has 0 bridgehead atoms. The number of nitro benzene ring substituents is 1. The van der Waals surface area contributed by atoms with Gasteiger partial charge in [-0.3, -0.25) is 10.1 Å². The molecule has 0 saturated carbocycles. The third kappa shape index (κ3) is 4.01. The van der Waals surface area contributed by atoms with Crippen LogP contribution in [-0.2, 0) is 10.0 Å². The Bertz CT molecular complexity index is 688. The van der Waals surface area contributed by atoms with E-state index in [4.69, 9.17) is 11.6 Å². The van der Waals surface area contributed by atoms with Gasteiger partial charge in [0.25, 0.3) is 5.69 Å². The van der Waals surface area contributed by atoms with Gasteiger partial charge < -0.3 is 5.32 Å². The van der Waals surface area contributed by atoms with Gasteiger partial charge in [-0.25, -0.2) is 13.1 Å². The zero-order valence-electron chi connectivity index (χ0n) is 11.0. The Morgan fingerprint density at radius 3 is 2.81 bits per heavy atom. The Hall–Kier alpha value is -1.48. The van der Waals surface area contributed by atoms with Crippen molar-refractivity contribution < 1.29 is 13.3 Å². The Labute approximate surface area is 127 Å². The molecule has 2 rings (SSSR count). The maximum Gasteiger partial charge on any atom is 0.290 e. The summed E-state index contributed by atoms with van der Waals surface area (Å²) in [6.07, 6.45) is 2.65. The molecule has 1 aliphatic rings. The lowest BCUT2D eigenvalue weighted by Crippen LogP contribution is -2.30. The summed E-state index contributed by atoms with van der Waals surface area (Å²) in [5.41, 5.74) is 0.420. The number of halogens is 1. The molecule has 0 aromatic heterocycles. The summed E-state index contributed by atoms with van der Waals surface area (Å²) in [7, 11) is -3.96. The van der Waals surface area contributed by atoms with Gasteiger partial charge in [-0.2, -0.15) is 0 Å². The Balaban J connectivity index is 2.23. The van der Waals surface area contributed by atoms with Crippen molar-refractivity contribution in [2.24, 2.45) is 0 Å². The standard InChI is InChI=1S/C12H14ClN3O4S/c13-10-1-2-12(11(7-10)16(17)18)21(19,20)15-8-9-3-5-14-6-4-9/h1-3,7,14-15H,4-6,8H2. The number of benzene rings is 1. The summed E-state index contributed by atoms with van der Waals surface area (Å²) in [6, 6.07) is 3.48. The molecular formula is C12H14ClN3O4S. The maximum atomic E-state index is 12.2. The molecule has 1 heterocycles. The number of nitro groups is 1. The van der Waals surface area contributed by atoms with E-state index in [-0.39, 0.29) is 16.5 Å². The molecule has 0 amide bonds. The first-order chi connectivity index (χ1) is 9.90. The second-order valence-corrected chi connectivity index (χ2v) is 6.68. The first kappa shape index (κ1) is 15.9. The molecule has 21 heavy (non-hydrogen) atoms. The van der Waals surface area contributed by atoms with Crippen molar-refractivity contribution in [1.82, 2.24) is 10.0 Å². The van der Waals surface area contributed by atoms with E-state index in [1.165, 1.54) is 6.07 Å². The van der Waals surface area contributed by atoms with Gasteiger partial charge in [-0.05, 0) is 25.1 Å². The summed E-state index contributed by atoms with van der Waals surface area (Å²) in [4.78, 5) is 9.82. The van der Waals surface area contributed by atoms with Crippen molar-refractivity contribution in [2.45, 2.75) is 11.3 Å². The zero-order chi connectivity index (χ0) is 15.5. The minimum atomic E-state index is -3.96. The van der Waals surface area contributed by atoms with Crippen LogP contribution in [-0.4, -0.2) is 33.0 Å². The van der Waals surface area contributed by atoms with Crippen LogP contribution in [0.2, 0.25) is 5.02 Å². The van der Waals surface area contributed by atoms with Crippen LogP contribution in [0.3, 0.4) is 0 Å². The smallest absolute Gasteiger partial charge is 0.290 e. The molecule has 0 spiro atoms. The topological polar surface area (TPSA) is 101 Å². The van der Waals surface area contributed by atoms with E-state index in [2.05, 4.69) is 10.0 Å². The van der Waals surface area contributed by atoms with E-state index in [9.17, 15) is 18.5 Å². The lowest BCUT2D eigenvalue weighted by Gasteiger charge is -2.14. The predicted molar refractivity (Wildman–Crippen MR) is 78.9 cm³/mol. The van der Waals surface area contributed by atoms with E-state index in [0.717, 1.165) is 30.7 Å². The minimum absolute atomic E-state index is 0.113. The van der Waals surface area contributed by atoms with Crippen LogP contribution < -0.4 is 10.0 Å². The number of sulfonamides is 1. The van der Waals surface area contributed by atoms with Gasteiger partial charge in [0.2, 0.25) is 10.0 Å². The molecule has 2 N–H and O–H groups in total. The third-order valence-electron chi connectivity index (χ3n) is 3.05. The van der Waals surface area contributed by atoms with Crippen molar-refractivity contribution in [3.63, 3.8) is 0 Å². The molecule has 114 valence electrons. The summed E-state index contributed by atoms with van der Waals surface area (Å²) >= 11 is 5.67. The highest BCUT2D eigenvalue weighted by Crippen LogP contribution is 2.27. The number of nitrogens with one attached hydrogen (secondary N) is 2. The molecule has 9 heteroatoms. The van der Waals surface area contributed by atoms with Gasteiger partial charge in [-0.1, -0.05) is 23.3 Å². The van der Waals surface area contributed by atoms with Crippen LogP contribution in [0.15, 0.2) is 34.7 Å². The summed E-state index contributed by atoms with van der Waals surface area (Å²) in [5.74, 6) is 0. The first-order valence-corrected chi connectivity index (χ1v) is 8.08. The van der Waals surface area contributed by atoms with Crippen LogP contribution in [0.5, 0.6) is 0 Å². The molecule has 7 nitrogen and oxygen atoms in total. The van der Waals surface area contributed by atoms with E-state index in [1.807, 2.05) is 6.08 Å². The fourth-order valence-electron chi connectivity index (χ4n) is 1.96. The minimum Gasteiger partial charge on any atom is -0.313 e. The maximum absolute atomic E-state index is 12.2. The Kier molecular flexibility index (Phi) is 4.94. The van der Waals surface area contributed by atoms with Crippen molar-refractivity contribution in [3.05, 3.63) is 45.0 Å². The van der Waals surface area contributed by atoms with Gasteiger partial charge in [0.1, 0.15) is 0 Å². The van der Waals surface area contributed by atoms with E-state index >= 15 is 0 Å². The fraction of sp³-hybridized carbons (Fsp3) is 0.333. The Morgan fingerprint density at radius 1 is 1.43 bits per heavy atom. The van der Waals surface area contributed by atoms with Gasteiger partial charge in [0, 0.05) is 24.2 Å². The monoisotopic (exact) mass is 331 g/mol. The van der Waals surface area contributed by atoms with Crippen molar-refractivity contribution in [3.8, 4) is 0 Å². The lowest BCUT2D eigenvalue weighted by atomic mass is 10.1. The van der Waals surface area contributed by atoms with E-state index in [0.29, 0.717) is 6.54 Å². The van der Waals surface area contributed by atoms with Crippen LogP contribution in [0.4, 0.5) is 5.69 Å². The first-order valence-electron chi connectivity index (χ1n) is 6.22. The highest BCUT2D eigenvalue weighted by molar-refractivity contribution is 7.89. The zero-order valence-corrected chi connectivity index (χ0v) is 12.6. The normalized spacial score (nSPS) is 15.6. The second kappa shape index (κ2) is 6.52. The van der Waals surface area contributed by atoms with Gasteiger partial charge in [0.05, 0.1) is 4.92 Å². The highest BCUT2D eigenvalue weighted by atomic mass is 35.5. The molecule has 1 aromatic carbocycles. The molecule has 0 fully saturated rings. The quantitative estimate of drug-likeness (QED) is 0.483. The molecule has 0 atom stereocenters. The lowest BCUT2D eigenvalue weighted by molar-refractivity contribution is -0.387. The summed E-state index contributed by atoms with van der Waals surface area (Å²) < 4.78 is 26.8. The van der Waals surface area contributed by atoms with Crippen LogP contribution in [0.1, 0.15) is 6.42 Å². The van der Waals surface area contributed by atoms with Gasteiger partial charge >= 0.3 is 0 Å². The van der Waals surface area contributed by atoms with Crippen molar-refractivity contribution >= 4 is 27.3 Å². The number of hydrogen-bond donors (Lipinski definition) is 2. The van der Waals surface area contributed by atoms with Crippen LogP contribution >= 0.6 is 11.6 Å². The molecule has 0 unspecified atom stereocenters. The second-order valence-electron chi connectivity index (χ2n) is 4.51. The van der Waals surface area contributed by atoms with E-state index < -0.39 is 20.6 Å². The molecule has 0 saturated heterocycles. The van der Waals surface area contributed by atoms with E-state index in [1.54, 1.807) is 0 Å². The average Bonchev–Trinajstić information content (AvgIpc) is 2.46.